The standard InChI is InChI=1S/C23H19NO2/c25-22(14-8-17-7-9-18-4-1-2-5-20(18)16-17)19-10-12-21(13-11-19)24-15-3-6-23(24)26/h1-2,4-5,7-14,16H,3,6,15H2/b14-8+. The zero-order valence-electron chi connectivity index (χ0n) is 14.4. The number of rotatable bonds is 4. The third-order valence-corrected chi connectivity index (χ3v) is 4.74. The Morgan fingerprint density at radius 1 is 0.923 bits per heavy atom. The molecule has 0 atom stereocenters. The predicted molar refractivity (Wildman–Crippen MR) is 105 cm³/mol. The molecule has 1 fully saturated rings. The molecule has 1 aliphatic heterocycles. The van der Waals surface area contributed by atoms with Gasteiger partial charge in [0, 0.05) is 24.2 Å². The number of anilines is 1. The van der Waals surface area contributed by atoms with E-state index in [1.807, 2.05) is 36.4 Å². The number of ketones is 1. The number of carbonyl (C=O) groups is 2. The Morgan fingerprint density at radius 2 is 1.69 bits per heavy atom. The van der Waals surface area contributed by atoms with Gasteiger partial charge in [-0.05, 0) is 59.2 Å². The summed E-state index contributed by atoms with van der Waals surface area (Å²) in [6.45, 7) is 0.758. The van der Waals surface area contributed by atoms with Crippen molar-refractivity contribution < 1.29 is 9.59 Å². The molecule has 3 heteroatoms. The number of carbonyl (C=O) groups excluding carboxylic acids is 2. The molecule has 0 bridgehead atoms. The first-order chi connectivity index (χ1) is 12.7. The van der Waals surface area contributed by atoms with Gasteiger partial charge >= 0.3 is 0 Å². The van der Waals surface area contributed by atoms with Crippen molar-refractivity contribution in [3.8, 4) is 0 Å². The number of fused-ring (bicyclic) bond motifs is 1. The van der Waals surface area contributed by atoms with Crippen molar-refractivity contribution in [3.05, 3.63) is 83.9 Å². The van der Waals surface area contributed by atoms with Crippen LogP contribution in [0.15, 0.2) is 72.8 Å². The number of amides is 1. The number of benzene rings is 3. The molecule has 0 aromatic heterocycles. The second kappa shape index (κ2) is 6.96. The Labute approximate surface area is 152 Å². The summed E-state index contributed by atoms with van der Waals surface area (Å²) in [4.78, 5) is 26.0. The minimum Gasteiger partial charge on any atom is -0.312 e. The van der Waals surface area contributed by atoms with E-state index in [9.17, 15) is 9.59 Å². The first kappa shape index (κ1) is 16.3. The highest BCUT2D eigenvalue weighted by Crippen LogP contribution is 2.22. The summed E-state index contributed by atoms with van der Waals surface area (Å²) < 4.78 is 0. The molecule has 4 rings (SSSR count). The smallest absolute Gasteiger partial charge is 0.227 e. The SMILES string of the molecule is O=C(/C=C/c1ccc2ccccc2c1)c1ccc(N2CCCC2=O)cc1. The Morgan fingerprint density at radius 3 is 2.42 bits per heavy atom. The lowest BCUT2D eigenvalue weighted by Crippen LogP contribution is -2.23. The molecule has 0 N–H and O–H groups in total. The molecule has 3 aromatic rings. The van der Waals surface area contributed by atoms with Crippen molar-refractivity contribution in [2.75, 3.05) is 11.4 Å². The minimum absolute atomic E-state index is 0.0440. The third kappa shape index (κ3) is 3.29. The molecule has 0 spiro atoms. The largest absolute Gasteiger partial charge is 0.312 e. The van der Waals surface area contributed by atoms with Crippen LogP contribution in [0.2, 0.25) is 0 Å². The normalized spacial score (nSPS) is 14.5. The van der Waals surface area contributed by atoms with Crippen molar-refractivity contribution in [2.45, 2.75) is 12.8 Å². The van der Waals surface area contributed by atoms with Crippen LogP contribution in [0.3, 0.4) is 0 Å². The molecule has 3 nitrogen and oxygen atoms in total. The molecule has 1 heterocycles. The molecule has 1 amide bonds. The van der Waals surface area contributed by atoms with Crippen molar-refractivity contribution in [1.29, 1.82) is 0 Å². The van der Waals surface area contributed by atoms with Gasteiger partial charge in [-0.2, -0.15) is 0 Å². The lowest BCUT2D eigenvalue weighted by atomic mass is 10.1. The van der Waals surface area contributed by atoms with Gasteiger partial charge in [-0.3, -0.25) is 9.59 Å². The summed E-state index contributed by atoms with van der Waals surface area (Å²) in [7, 11) is 0. The van der Waals surface area contributed by atoms with Crippen LogP contribution in [0.25, 0.3) is 16.8 Å². The fraction of sp³-hybridized carbons (Fsp3) is 0.130. The van der Waals surface area contributed by atoms with Crippen molar-refractivity contribution in [1.82, 2.24) is 0 Å². The summed E-state index contributed by atoms with van der Waals surface area (Å²) >= 11 is 0. The third-order valence-electron chi connectivity index (χ3n) is 4.74. The van der Waals surface area contributed by atoms with Crippen molar-refractivity contribution in [2.24, 2.45) is 0 Å². The van der Waals surface area contributed by atoms with E-state index in [-0.39, 0.29) is 11.7 Å². The Hall–Kier alpha value is -3.20. The fourth-order valence-corrected chi connectivity index (χ4v) is 3.31. The molecule has 0 radical (unpaired) electrons. The summed E-state index contributed by atoms with van der Waals surface area (Å²) in [6.07, 6.45) is 4.94. The van der Waals surface area contributed by atoms with Crippen molar-refractivity contribution in [3.63, 3.8) is 0 Å². The van der Waals surface area contributed by atoms with Crippen LogP contribution in [0.5, 0.6) is 0 Å². The van der Waals surface area contributed by atoms with Gasteiger partial charge in [0.25, 0.3) is 0 Å². The molecular formula is C23H19NO2. The van der Waals surface area contributed by atoms with Gasteiger partial charge in [0.1, 0.15) is 0 Å². The van der Waals surface area contributed by atoms with E-state index in [2.05, 4.69) is 24.3 Å². The van der Waals surface area contributed by atoms with Gasteiger partial charge in [0.15, 0.2) is 5.78 Å². The van der Waals surface area contributed by atoms with Crippen LogP contribution < -0.4 is 4.90 Å². The molecule has 0 aliphatic carbocycles. The van der Waals surface area contributed by atoms with E-state index in [1.165, 1.54) is 5.39 Å². The van der Waals surface area contributed by atoms with Crippen LogP contribution in [0, 0.1) is 0 Å². The number of nitrogens with zero attached hydrogens (tertiary/aromatic N) is 1. The van der Waals surface area contributed by atoms with Crippen LogP contribution in [-0.4, -0.2) is 18.2 Å². The van der Waals surface area contributed by atoms with Gasteiger partial charge in [0.05, 0.1) is 0 Å². The first-order valence-corrected chi connectivity index (χ1v) is 8.82. The van der Waals surface area contributed by atoms with Crippen LogP contribution in [-0.2, 0) is 4.79 Å². The lowest BCUT2D eigenvalue weighted by molar-refractivity contribution is -0.117. The maximum Gasteiger partial charge on any atom is 0.227 e. The molecule has 26 heavy (non-hydrogen) atoms. The molecule has 0 saturated carbocycles. The predicted octanol–water partition coefficient (Wildman–Crippen LogP) is 4.86. The highest BCUT2D eigenvalue weighted by Gasteiger charge is 2.21. The fourth-order valence-electron chi connectivity index (χ4n) is 3.31. The minimum atomic E-state index is -0.0440. The number of allylic oxidation sites excluding steroid dienone is 1. The van der Waals surface area contributed by atoms with E-state index in [0.29, 0.717) is 12.0 Å². The quantitative estimate of drug-likeness (QED) is 0.502. The number of hydrogen-bond donors (Lipinski definition) is 0. The van der Waals surface area contributed by atoms with Gasteiger partial charge in [-0.25, -0.2) is 0 Å². The Kier molecular flexibility index (Phi) is 4.36. The Bertz CT molecular complexity index is 1000. The van der Waals surface area contributed by atoms with Crippen molar-refractivity contribution >= 4 is 34.2 Å². The Balaban J connectivity index is 1.49. The highest BCUT2D eigenvalue weighted by molar-refractivity contribution is 6.07. The second-order valence-electron chi connectivity index (χ2n) is 6.50. The average molecular weight is 341 g/mol. The van der Waals surface area contributed by atoms with Gasteiger partial charge in [0.2, 0.25) is 5.91 Å². The molecule has 128 valence electrons. The summed E-state index contributed by atoms with van der Waals surface area (Å²) in [5.74, 6) is 0.109. The van der Waals surface area contributed by atoms with E-state index in [1.54, 1.807) is 23.1 Å². The monoisotopic (exact) mass is 341 g/mol. The van der Waals surface area contributed by atoms with E-state index >= 15 is 0 Å². The zero-order valence-corrected chi connectivity index (χ0v) is 14.4. The second-order valence-corrected chi connectivity index (χ2v) is 6.50. The lowest BCUT2D eigenvalue weighted by Gasteiger charge is -2.15. The molecule has 0 unspecified atom stereocenters. The van der Waals surface area contributed by atoms with E-state index < -0.39 is 0 Å². The van der Waals surface area contributed by atoms with Crippen LogP contribution >= 0.6 is 0 Å². The zero-order chi connectivity index (χ0) is 17.9. The van der Waals surface area contributed by atoms with Crippen LogP contribution in [0.1, 0.15) is 28.8 Å². The maximum atomic E-state index is 12.4. The molecule has 1 aliphatic rings. The van der Waals surface area contributed by atoms with Crippen LogP contribution in [0.4, 0.5) is 5.69 Å². The topological polar surface area (TPSA) is 37.4 Å². The molecule has 1 saturated heterocycles. The van der Waals surface area contributed by atoms with E-state index in [4.69, 9.17) is 0 Å². The maximum absolute atomic E-state index is 12.4. The van der Waals surface area contributed by atoms with E-state index in [0.717, 1.165) is 29.6 Å². The first-order valence-electron chi connectivity index (χ1n) is 8.82. The summed E-state index contributed by atoms with van der Waals surface area (Å²) in [5.41, 5.74) is 2.48. The average Bonchev–Trinajstić information content (AvgIpc) is 3.12. The highest BCUT2D eigenvalue weighted by atomic mass is 16.2. The summed E-state index contributed by atoms with van der Waals surface area (Å²) in [6, 6.07) is 21.6. The van der Waals surface area contributed by atoms with Gasteiger partial charge in [-0.15, -0.1) is 0 Å². The molecule has 3 aromatic carbocycles. The number of hydrogen-bond acceptors (Lipinski definition) is 2. The molecular weight excluding hydrogens is 322 g/mol. The van der Waals surface area contributed by atoms with Gasteiger partial charge in [-0.1, -0.05) is 42.5 Å². The van der Waals surface area contributed by atoms with Gasteiger partial charge < -0.3 is 4.90 Å². The summed E-state index contributed by atoms with van der Waals surface area (Å²) in [5, 5.41) is 2.34.